The van der Waals surface area contributed by atoms with E-state index in [1.54, 1.807) is 36.6 Å². The number of likely N-dealkylation sites (N-methyl/N-ethyl adjacent to an activating group) is 1. The van der Waals surface area contributed by atoms with Gasteiger partial charge in [-0.1, -0.05) is 0 Å². The number of carbonyl (C=O) groups is 1. The second kappa shape index (κ2) is 9.62. The standard InChI is InChI=1S/C17H23BrN4O2S/c1-21(2)16(23)11-20-17(19-9-8-13-5-4-10-24-13)22(3)12-14-6-7-15(18)25-14/h4-7,10H,8-9,11-12H2,1-3H3,(H,19,20). The highest BCUT2D eigenvalue weighted by molar-refractivity contribution is 9.11. The Morgan fingerprint density at radius 3 is 2.72 bits per heavy atom. The largest absolute Gasteiger partial charge is 0.469 e. The number of aliphatic imine (C=N–C) groups is 1. The first-order valence-corrected chi connectivity index (χ1v) is 9.53. The lowest BCUT2D eigenvalue weighted by atomic mass is 10.3. The van der Waals surface area contributed by atoms with Crippen molar-refractivity contribution in [2.45, 2.75) is 13.0 Å². The van der Waals surface area contributed by atoms with E-state index in [1.807, 2.05) is 30.1 Å². The molecule has 0 fully saturated rings. The van der Waals surface area contributed by atoms with Crippen LogP contribution >= 0.6 is 27.3 Å². The van der Waals surface area contributed by atoms with E-state index in [-0.39, 0.29) is 12.5 Å². The number of carbonyl (C=O) groups excluding carboxylic acids is 1. The van der Waals surface area contributed by atoms with Gasteiger partial charge in [-0.3, -0.25) is 4.79 Å². The van der Waals surface area contributed by atoms with Crippen LogP contribution in [0.2, 0.25) is 0 Å². The minimum Gasteiger partial charge on any atom is -0.469 e. The van der Waals surface area contributed by atoms with Crippen LogP contribution in [0, 0.1) is 0 Å². The second-order valence-electron chi connectivity index (χ2n) is 5.75. The maximum Gasteiger partial charge on any atom is 0.243 e. The first-order valence-electron chi connectivity index (χ1n) is 7.92. The lowest BCUT2D eigenvalue weighted by Crippen LogP contribution is -2.40. The van der Waals surface area contributed by atoms with Crippen LogP contribution in [0.25, 0.3) is 0 Å². The molecule has 0 aromatic carbocycles. The summed E-state index contributed by atoms with van der Waals surface area (Å²) >= 11 is 5.17. The topological polar surface area (TPSA) is 61.1 Å². The van der Waals surface area contributed by atoms with Crippen molar-refractivity contribution in [3.05, 3.63) is 45.0 Å². The van der Waals surface area contributed by atoms with Crippen LogP contribution in [0.1, 0.15) is 10.6 Å². The number of rotatable bonds is 7. The maximum absolute atomic E-state index is 11.8. The van der Waals surface area contributed by atoms with Crippen LogP contribution < -0.4 is 5.32 Å². The van der Waals surface area contributed by atoms with Crippen molar-refractivity contribution in [3.63, 3.8) is 0 Å². The van der Waals surface area contributed by atoms with Crippen LogP contribution in [0.5, 0.6) is 0 Å². The first-order chi connectivity index (χ1) is 12.0. The maximum atomic E-state index is 11.8. The number of hydrogen-bond acceptors (Lipinski definition) is 4. The SMILES string of the molecule is CN(C)C(=O)CN=C(NCCc1ccco1)N(C)Cc1ccc(Br)s1. The molecule has 0 bridgehead atoms. The molecule has 0 aliphatic carbocycles. The third-order valence-electron chi connectivity index (χ3n) is 3.48. The smallest absolute Gasteiger partial charge is 0.243 e. The number of guanidine groups is 1. The van der Waals surface area contributed by atoms with E-state index in [0.29, 0.717) is 12.5 Å². The zero-order valence-corrected chi connectivity index (χ0v) is 17.1. The molecule has 2 heterocycles. The molecular weight excluding hydrogens is 404 g/mol. The number of amides is 1. The Morgan fingerprint density at radius 2 is 2.12 bits per heavy atom. The lowest BCUT2D eigenvalue weighted by Gasteiger charge is -2.22. The van der Waals surface area contributed by atoms with Crippen LogP contribution in [0.4, 0.5) is 0 Å². The Labute approximate surface area is 160 Å². The average Bonchev–Trinajstić information content (AvgIpc) is 3.21. The predicted octanol–water partition coefficient (Wildman–Crippen LogP) is 2.81. The molecule has 1 N–H and O–H groups in total. The molecule has 0 aliphatic heterocycles. The third kappa shape index (κ3) is 6.55. The fourth-order valence-corrected chi connectivity index (χ4v) is 3.63. The molecule has 2 aromatic rings. The molecule has 25 heavy (non-hydrogen) atoms. The number of thiophene rings is 1. The normalized spacial score (nSPS) is 11.4. The van der Waals surface area contributed by atoms with Gasteiger partial charge in [0.15, 0.2) is 5.96 Å². The van der Waals surface area contributed by atoms with E-state index in [0.717, 1.165) is 22.5 Å². The molecule has 2 rings (SSSR count). The summed E-state index contributed by atoms with van der Waals surface area (Å²) in [5, 5.41) is 3.32. The van der Waals surface area contributed by atoms with Gasteiger partial charge in [0.05, 0.1) is 16.6 Å². The molecular formula is C17H23BrN4O2S. The molecule has 2 aromatic heterocycles. The number of nitrogens with one attached hydrogen (secondary N) is 1. The van der Waals surface area contributed by atoms with Gasteiger partial charge in [0, 0.05) is 39.0 Å². The Morgan fingerprint density at radius 1 is 1.32 bits per heavy atom. The summed E-state index contributed by atoms with van der Waals surface area (Å²) in [6.07, 6.45) is 2.42. The molecule has 1 amide bonds. The van der Waals surface area contributed by atoms with Crippen LogP contribution in [-0.2, 0) is 17.8 Å². The second-order valence-corrected chi connectivity index (χ2v) is 8.29. The minimum absolute atomic E-state index is 0.0300. The highest BCUT2D eigenvalue weighted by Crippen LogP contribution is 2.22. The summed E-state index contributed by atoms with van der Waals surface area (Å²) in [6, 6.07) is 7.93. The number of nitrogens with zero attached hydrogens (tertiary/aromatic N) is 3. The van der Waals surface area contributed by atoms with Crippen molar-refractivity contribution in [1.29, 1.82) is 0 Å². The summed E-state index contributed by atoms with van der Waals surface area (Å²) in [5.41, 5.74) is 0. The van der Waals surface area contributed by atoms with Crippen molar-refractivity contribution < 1.29 is 9.21 Å². The van der Waals surface area contributed by atoms with Crippen LogP contribution in [-0.4, -0.2) is 55.9 Å². The lowest BCUT2D eigenvalue weighted by molar-refractivity contribution is -0.127. The van der Waals surface area contributed by atoms with Crippen molar-refractivity contribution in [2.75, 3.05) is 34.2 Å². The van der Waals surface area contributed by atoms with Crippen molar-refractivity contribution in [3.8, 4) is 0 Å². The van der Waals surface area contributed by atoms with Gasteiger partial charge in [-0.2, -0.15) is 0 Å². The quantitative estimate of drug-likeness (QED) is 0.546. The van der Waals surface area contributed by atoms with Gasteiger partial charge in [0.25, 0.3) is 0 Å². The Bertz CT molecular complexity index is 697. The molecule has 0 unspecified atom stereocenters. The van der Waals surface area contributed by atoms with Gasteiger partial charge in [-0.05, 0) is 40.2 Å². The van der Waals surface area contributed by atoms with Gasteiger partial charge in [-0.15, -0.1) is 11.3 Å². The van der Waals surface area contributed by atoms with Crippen molar-refractivity contribution in [1.82, 2.24) is 15.1 Å². The number of halogens is 1. The van der Waals surface area contributed by atoms with Gasteiger partial charge in [0.2, 0.25) is 5.91 Å². The van der Waals surface area contributed by atoms with E-state index < -0.39 is 0 Å². The van der Waals surface area contributed by atoms with Gasteiger partial charge in [0.1, 0.15) is 12.3 Å². The Balaban J connectivity index is 1.98. The molecule has 0 atom stereocenters. The molecule has 0 saturated carbocycles. The van der Waals surface area contributed by atoms with E-state index in [2.05, 4.69) is 32.3 Å². The number of furan rings is 1. The highest BCUT2D eigenvalue weighted by atomic mass is 79.9. The van der Waals surface area contributed by atoms with Gasteiger partial charge >= 0.3 is 0 Å². The molecule has 6 nitrogen and oxygen atoms in total. The van der Waals surface area contributed by atoms with Gasteiger partial charge < -0.3 is 19.5 Å². The molecule has 0 spiro atoms. The van der Waals surface area contributed by atoms with Crippen molar-refractivity contribution >= 4 is 39.1 Å². The third-order valence-corrected chi connectivity index (χ3v) is 5.09. The van der Waals surface area contributed by atoms with E-state index >= 15 is 0 Å². The summed E-state index contributed by atoms with van der Waals surface area (Å²) in [4.78, 5) is 21.1. The van der Waals surface area contributed by atoms with Crippen LogP contribution in [0.15, 0.2) is 43.7 Å². The van der Waals surface area contributed by atoms with E-state index in [4.69, 9.17) is 4.42 Å². The Hall–Kier alpha value is -1.80. The summed E-state index contributed by atoms with van der Waals surface area (Å²) in [7, 11) is 5.43. The van der Waals surface area contributed by atoms with Crippen molar-refractivity contribution in [2.24, 2.45) is 4.99 Å². The monoisotopic (exact) mass is 426 g/mol. The predicted molar refractivity (Wildman–Crippen MR) is 105 cm³/mol. The fraction of sp³-hybridized carbons (Fsp3) is 0.412. The summed E-state index contributed by atoms with van der Waals surface area (Å²) in [6.45, 7) is 1.52. The average molecular weight is 427 g/mol. The molecule has 0 aliphatic rings. The zero-order chi connectivity index (χ0) is 18.2. The fourth-order valence-electron chi connectivity index (χ4n) is 2.09. The molecule has 0 radical (unpaired) electrons. The summed E-state index contributed by atoms with van der Waals surface area (Å²) < 4.78 is 6.45. The summed E-state index contributed by atoms with van der Waals surface area (Å²) in [5.74, 6) is 1.59. The van der Waals surface area contributed by atoms with Crippen LogP contribution in [0.3, 0.4) is 0 Å². The van der Waals surface area contributed by atoms with E-state index in [9.17, 15) is 4.79 Å². The zero-order valence-electron chi connectivity index (χ0n) is 14.7. The molecule has 8 heteroatoms. The van der Waals surface area contributed by atoms with Gasteiger partial charge in [-0.25, -0.2) is 4.99 Å². The molecule has 136 valence electrons. The minimum atomic E-state index is -0.0300. The van der Waals surface area contributed by atoms with E-state index in [1.165, 1.54) is 4.88 Å². The Kier molecular flexibility index (Phi) is 7.52. The number of hydrogen-bond donors (Lipinski definition) is 1. The molecule has 0 saturated heterocycles. The first kappa shape index (κ1) is 19.5. The highest BCUT2D eigenvalue weighted by Gasteiger charge is 2.11.